The average molecular weight is 238 g/mol. The second-order valence-electron chi connectivity index (χ2n) is 4.40. The summed E-state index contributed by atoms with van der Waals surface area (Å²) in [6.07, 6.45) is 2.07. The van der Waals surface area contributed by atoms with Gasteiger partial charge in [0, 0.05) is 24.4 Å². The van der Waals surface area contributed by atoms with Crippen LogP contribution >= 0.6 is 0 Å². The van der Waals surface area contributed by atoms with Crippen LogP contribution in [0.2, 0.25) is 0 Å². The Morgan fingerprint density at radius 3 is 2.17 bits per heavy atom. The highest BCUT2D eigenvalue weighted by Crippen LogP contribution is 2.12. The molecule has 0 radical (unpaired) electrons. The van der Waals surface area contributed by atoms with E-state index in [1.807, 2.05) is 31.2 Å². The largest absolute Gasteiger partial charge is 0.399 e. The van der Waals surface area contributed by atoms with Crippen molar-refractivity contribution in [1.82, 2.24) is 4.57 Å². The number of fused-ring (bicyclic) bond motifs is 1. The third-order valence-electron chi connectivity index (χ3n) is 2.87. The molecule has 0 spiro atoms. The average Bonchev–Trinajstić information content (AvgIpc) is 2.76. The van der Waals surface area contributed by atoms with Gasteiger partial charge in [0.1, 0.15) is 0 Å². The Bertz CT molecular complexity index is 600. The maximum Gasteiger partial charge on any atom is 0.0477 e. The standard InChI is InChI=1S/C9H9N.C7H9N/c1-10-7-6-8-4-2-3-5-9(8)10;1-6-2-4-7(8)5-3-6/h2-7H,1H3;2-5H,8H2,1H3. The molecule has 0 amide bonds. The minimum atomic E-state index is 0.829. The summed E-state index contributed by atoms with van der Waals surface area (Å²) in [5, 5.41) is 1.31. The number of nitrogen functional groups attached to an aromatic ring is 1. The zero-order valence-corrected chi connectivity index (χ0v) is 10.8. The Labute approximate surface area is 108 Å². The summed E-state index contributed by atoms with van der Waals surface area (Å²) >= 11 is 0. The van der Waals surface area contributed by atoms with Crippen LogP contribution < -0.4 is 5.73 Å². The molecule has 0 atom stereocenters. The number of nitrogens with zero attached hydrogens (tertiary/aromatic N) is 1. The van der Waals surface area contributed by atoms with E-state index in [0.29, 0.717) is 0 Å². The van der Waals surface area contributed by atoms with E-state index >= 15 is 0 Å². The molecule has 2 aromatic carbocycles. The number of hydrogen-bond acceptors (Lipinski definition) is 1. The summed E-state index contributed by atoms with van der Waals surface area (Å²) in [4.78, 5) is 0. The van der Waals surface area contributed by atoms with Gasteiger partial charge in [-0.25, -0.2) is 0 Å². The molecule has 0 aliphatic heterocycles. The molecule has 2 nitrogen and oxygen atoms in total. The lowest BCUT2D eigenvalue weighted by molar-refractivity contribution is 0.969. The predicted octanol–water partition coefficient (Wildman–Crippen LogP) is 3.76. The summed E-state index contributed by atoms with van der Waals surface area (Å²) in [7, 11) is 2.06. The number of para-hydroxylation sites is 1. The molecule has 0 aliphatic carbocycles. The number of aryl methyl sites for hydroxylation is 2. The highest BCUT2D eigenvalue weighted by molar-refractivity contribution is 5.79. The SMILES string of the molecule is Cc1ccc(N)cc1.Cn1ccc2ccccc21. The normalized spacial score (nSPS) is 9.89. The first kappa shape index (κ1) is 12.2. The van der Waals surface area contributed by atoms with Gasteiger partial charge in [0.05, 0.1) is 0 Å². The van der Waals surface area contributed by atoms with Crippen LogP contribution in [0.15, 0.2) is 60.8 Å². The van der Waals surface area contributed by atoms with Crippen molar-refractivity contribution in [2.45, 2.75) is 6.92 Å². The summed E-state index contributed by atoms with van der Waals surface area (Å²) in [5.41, 5.74) is 8.80. The van der Waals surface area contributed by atoms with E-state index < -0.39 is 0 Å². The fourth-order valence-electron chi connectivity index (χ4n) is 1.79. The molecule has 2 N–H and O–H groups in total. The summed E-state index contributed by atoms with van der Waals surface area (Å²) in [6.45, 7) is 2.04. The maximum atomic E-state index is 5.43. The number of benzene rings is 2. The molecule has 3 rings (SSSR count). The smallest absolute Gasteiger partial charge is 0.0477 e. The number of nitrogens with two attached hydrogens (primary N) is 1. The summed E-state index contributed by atoms with van der Waals surface area (Å²) < 4.78 is 2.12. The molecule has 0 aliphatic rings. The van der Waals surface area contributed by atoms with Crippen LogP contribution in [-0.4, -0.2) is 4.57 Å². The number of aromatic nitrogens is 1. The van der Waals surface area contributed by atoms with Crippen molar-refractivity contribution in [3.8, 4) is 0 Å². The first-order valence-electron chi connectivity index (χ1n) is 5.99. The summed E-state index contributed by atoms with van der Waals surface area (Å²) in [5.74, 6) is 0. The van der Waals surface area contributed by atoms with Crippen molar-refractivity contribution >= 4 is 16.6 Å². The molecule has 1 heterocycles. The lowest BCUT2D eigenvalue weighted by atomic mass is 10.2. The third kappa shape index (κ3) is 2.92. The Kier molecular flexibility index (Phi) is 3.68. The Morgan fingerprint density at radius 1 is 0.889 bits per heavy atom. The van der Waals surface area contributed by atoms with Crippen LogP contribution in [0.3, 0.4) is 0 Å². The van der Waals surface area contributed by atoms with Gasteiger partial charge >= 0.3 is 0 Å². The van der Waals surface area contributed by atoms with Crippen molar-refractivity contribution in [2.24, 2.45) is 7.05 Å². The summed E-state index contributed by atoms with van der Waals surface area (Å²) in [6, 6.07) is 18.3. The van der Waals surface area contributed by atoms with Gasteiger partial charge in [-0.05, 0) is 36.6 Å². The van der Waals surface area contributed by atoms with Crippen LogP contribution in [0.4, 0.5) is 5.69 Å². The Hall–Kier alpha value is -2.22. The van der Waals surface area contributed by atoms with E-state index in [9.17, 15) is 0 Å². The molecular weight excluding hydrogens is 220 g/mol. The van der Waals surface area contributed by atoms with Crippen LogP contribution in [0.25, 0.3) is 10.9 Å². The monoisotopic (exact) mass is 238 g/mol. The quantitative estimate of drug-likeness (QED) is 0.594. The molecule has 0 bridgehead atoms. The molecule has 18 heavy (non-hydrogen) atoms. The zero-order chi connectivity index (χ0) is 13.0. The lowest BCUT2D eigenvalue weighted by Gasteiger charge is -1.92. The van der Waals surface area contributed by atoms with Crippen molar-refractivity contribution < 1.29 is 0 Å². The Balaban J connectivity index is 0.000000138. The van der Waals surface area contributed by atoms with E-state index in [4.69, 9.17) is 5.73 Å². The molecule has 92 valence electrons. The third-order valence-corrected chi connectivity index (χ3v) is 2.87. The molecule has 1 aromatic heterocycles. The number of anilines is 1. The second-order valence-corrected chi connectivity index (χ2v) is 4.40. The number of hydrogen-bond donors (Lipinski definition) is 1. The first-order valence-corrected chi connectivity index (χ1v) is 5.99. The minimum absolute atomic E-state index is 0.829. The van der Waals surface area contributed by atoms with Crippen LogP contribution in [0, 0.1) is 6.92 Å². The highest BCUT2D eigenvalue weighted by atomic mass is 14.9. The van der Waals surface area contributed by atoms with Gasteiger partial charge in [-0.15, -0.1) is 0 Å². The van der Waals surface area contributed by atoms with Crippen molar-refractivity contribution in [2.75, 3.05) is 5.73 Å². The lowest BCUT2D eigenvalue weighted by Crippen LogP contribution is -1.81. The van der Waals surface area contributed by atoms with Crippen molar-refractivity contribution in [3.05, 3.63) is 66.4 Å². The van der Waals surface area contributed by atoms with Gasteiger partial charge in [0.15, 0.2) is 0 Å². The van der Waals surface area contributed by atoms with Crippen LogP contribution in [0.1, 0.15) is 5.56 Å². The number of rotatable bonds is 0. The van der Waals surface area contributed by atoms with Gasteiger partial charge in [0.2, 0.25) is 0 Å². The van der Waals surface area contributed by atoms with Gasteiger partial charge in [0.25, 0.3) is 0 Å². The van der Waals surface area contributed by atoms with E-state index in [2.05, 4.69) is 48.1 Å². The highest BCUT2D eigenvalue weighted by Gasteiger charge is 1.92. The fourth-order valence-corrected chi connectivity index (χ4v) is 1.79. The van der Waals surface area contributed by atoms with Gasteiger partial charge in [-0.1, -0.05) is 35.9 Å². The Morgan fingerprint density at radius 2 is 1.56 bits per heavy atom. The molecule has 0 fully saturated rings. The van der Waals surface area contributed by atoms with Crippen LogP contribution in [0.5, 0.6) is 0 Å². The topological polar surface area (TPSA) is 30.9 Å². The zero-order valence-electron chi connectivity index (χ0n) is 10.8. The minimum Gasteiger partial charge on any atom is -0.399 e. The molecule has 0 saturated carbocycles. The van der Waals surface area contributed by atoms with E-state index in [-0.39, 0.29) is 0 Å². The predicted molar refractivity (Wildman–Crippen MR) is 78.5 cm³/mol. The van der Waals surface area contributed by atoms with Gasteiger partial charge < -0.3 is 10.3 Å². The van der Waals surface area contributed by atoms with Crippen molar-refractivity contribution in [1.29, 1.82) is 0 Å². The van der Waals surface area contributed by atoms with E-state index in [1.54, 1.807) is 0 Å². The van der Waals surface area contributed by atoms with E-state index in [1.165, 1.54) is 16.5 Å². The molecule has 0 unspecified atom stereocenters. The molecule has 2 heteroatoms. The van der Waals surface area contributed by atoms with E-state index in [0.717, 1.165) is 5.69 Å². The maximum absolute atomic E-state index is 5.43. The molecule has 3 aromatic rings. The van der Waals surface area contributed by atoms with Crippen LogP contribution in [-0.2, 0) is 7.05 Å². The fraction of sp³-hybridized carbons (Fsp3) is 0.125. The first-order chi connectivity index (χ1) is 8.66. The second kappa shape index (κ2) is 5.41. The van der Waals surface area contributed by atoms with Gasteiger partial charge in [-0.2, -0.15) is 0 Å². The van der Waals surface area contributed by atoms with Gasteiger partial charge in [-0.3, -0.25) is 0 Å². The van der Waals surface area contributed by atoms with Crippen molar-refractivity contribution in [3.63, 3.8) is 0 Å². The molecule has 0 saturated heterocycles. The molecular formula is C16H18N2.